The number of hydrogen-bond acceptors (Lipinski definition) is 2. The molecule has 0 bridgehead atoms. The van der Waals surface area contributed by atoms with Gasteiger partial charge in [-0.3, -0.25) is 0 Å². The molecule has 2 heterocycles. The van der Waals surface area contributed by atoms with E-state index in [9.17, 15) is 9.59 Å². The van der Waals surface area contributed by atoms with Gasteiger partial charge in [0.1, 0.15) is 0 Å². The Morgan fingerprint density at radius 2 is 2.04 bits per heavy atom. The van der Waals surface area contributed by atoms with E-state index in [2.05, 4.69) is 21.7 Å². The number of nitrogens with one attached hydrogen (secondary N) is 3. The number of amides is 4. The van der Waals surface area contributed by atoms with Gasteiger partial charge in [-0.2, -0.15) is 0 Å². The summed E-state index contributed by atoms with van der Waals surface area (Å²) in [6, 6.07) is 8.42. The molecule has 1 atom stereocenters. The molecular weight excluding hydrogens is 342 g/mol. The Hall–Kier alpha value is -2.70. The Kier molecular flexibility index (Phi) is 4.92. The number of carbonyl (C=O) groups is 2. The van der Waals surface area contributed by atoms with Crippen LogP contribution in [0.4, 0.5) is 9.59 Å². The lowest BCUT2D eigenvalue weighted by molar-refractivity contribution is 0.116. The first kappa shape index (κ1) is 17.7. The third kappa shape index (κ3) is 3.72. The van der Waals surface area contributed by atoms with Crippen LogP contribution in [0.15, 0.2) is 30.5 Å². The highest BCUT2D eigenvalue weighted by molar-refractivity contribution is 5.84. The third-order valence-electron chi connectivity index (χ3n) is 5.57. The SMILES string of the molecule is CNC(=O)N1CCC[C@@H](N(C(=O)NCc2c[nH]c3ccccc23)C2CC2)C1. The normalized spacial score (nSPS) is 19.7. The highest BCUT2D eigenvalue weighted by Gasteiger charge is 2.39. The lowest BCUT2D eigenvalue weighted by Gasteiger charge is -2.39. The maximum Gasteiger partial charge on any atom is 0.318 e. The quantitative estimate of drug-likeness (QED) is 0.774. The number of aromatic nitrogens is 1. The molecule has 1 aromatic carbocycles. The summed E-state index contributed by atoms with van der Waals surface area (Å²) < 4.78 is 0. The standard InChI is InChI=1S/C20H27N5O2/c1-21-19(26)24-10-4-5-16(13-24)25(15-8-9-15)20(27)23-12-14-11-22-18-7-3-2-6-17(14)18/h2-3,6-7,11,15-16,22H,4-5,8-10,12-13H2,1H3,(H,21,26)(H,23,27)/t16-/m1/s1. The van der Waals surface area contributed by atoms with E-state index >= 15 is 0 Å². The van der Waals surface area contributed by atoms with Crippen LogP contribution in [0, 0.1) is 0 Å². The van der Waals surface area contributed by atoms with Crippen molar-refractivity contribution in [3.8, 4) is 0 Å². The predicted molar refractivity (Wildman–Crippen MR) is 104 cm³/mol. The van der Waals surface area contributed by atoms with Gasteiger partial charge in [0.05, 0.1) is 6.04 Å². The van der Waals surface area contributed by atoms with Crippen LogP contribution in [0.3, 0.4) is 0 Å². The van der Waals surface area contributed by atoms with Gasteiger partial charge in [-0.05, 0) is 37.3 Å². The van der Waals surface area contributed by atoms with Gasteiger partial charge in [0, 0.05) is 49.8 Å². The molecule has 4 rings (SSSR count). The summed E-state index contributed by atoms with van der Waals surface area (Å²) in [6.07, 6.45) is 5.94. The molecule has 1 aliphatic heterocycles. The zero-order valence-electron chi connectivity index (χ0n) is 15.7. The van der Waals surface area contributed by atoms with E-state index in [4.69, 9.17) is 0 Å². The number of fused-ring (bicyclic) bond motifs is 1. The minimum absolute atomic E-state index is 0.0217. The molecule has 0 spiro atoms. The summed E-state index contributed by atoms with van der Waals surface area (Å²) in [4.78, 5) is 32.0. The van der Waals surface area contributed by atoms with E-state index in [0.717, 1.165) is 48.7 Å². The van der Waals surface area contributed by atoms with E-state index in [-0.39, 0.29) is 18.1 Å². The average Bonchev–Trinajstić information content (AvgIpc) is 3.45. The number of likely N-dealkylation sites (tertiary alicyclic amines) is 1. The van der Waals surface area contributed by atoms with Crippen molar-refractivity contribution < 1.29 is 9.59 Å². The van der Waals surface area contributed by atoms with Crippen molar-refractivity contribution in [3.63, 3.8) is 0 Å². The highest BCUT2D eigenvalue weighted by Crippen LogP contribution is 2.31. The number of para-hydroxylation sites is 1. The summed E-state index contributed by atoms with van der Waals surface area (Å²) in [5, 5.41) is 6.93. The van der Waals surface area contributed by atoms with Gasteiger partial charge in [-0.25, -0.2) is 9.59 Å². The largest absolute Gasteiger partial charge is 0.361 e. The topological polar surface area (TPSA) is 80.5 Å². The number of hydrogen-bond donors (Lipinski definition) is 3. The van der Waals surface area contributed by atoms with E-state index in [0.29, 0.717) is 19.1 Å². The van der Waals surface area contributed by atoms with Crippen molar-refractivity contribution in [1.29, 1.82) is 0 Å². The maximum atomic E-state index is 13.0. The summed E-state index contributed by atoms with van der Waals surface area (Å²) in [5.74, 6) is 0. The zero-order valence-corrected chi connectivity index (χ0v) is 15.7. The molecule has 1 saturated carbocycles. The maximum absolute atomic E-state index is 13.0. The smallest absolute Gasteiger partial charge is 0.318 e. The molecule has 0 radical (unpaired) electrons. The van der Waals surface area contributed by atoms with E-state index < -0.39 is 0 Å². The molecule has 2 aromatic rings. The minimum atomic E-state index is -0.0605. The van der Waals surface area contributed by atoms with Crippen molar-refractivity contribution >= 4 is 23.0 Å². The van der Waals surface area contributed by atoms with Crippen LogP contribution >= 0.6 is 0 Å². The minimum Gasteiger partial charge on any atom is -0.361 e. The number of urea groups is 2. The molecule has 7 heteroatoms. The Morgan fingerprint density at radius 1 is 1.22 bits per heavy atom. The number of rotatable bonds is 4. The summed E-state index contributed by atoms with van der Waals surface area (Å²) in [7, 11) is 1.65. The number of nitrogens with zero attached hydrogens (tertiary/aromatic N) is 2. The zero-order chi connectivity index (χ0) is 18.8. The van der Waals surface area contributed by atoms with Crippen molar-refractivity contribution in [3.05, 3.63) is 36.0 Å². The molecule has 2 fully saturated rings. The van der Waals surface area contributed by atoms with Gasteiger partial charge >= 0.3 is 12.1 Å². The fraction of sp³-hybridized carbons (Fsp3) is 0.500. The van der Waals surface area contributed by atoms with Crippen LogP contribution < -0.4 is 10.6 Å². The van der Waals surface area contributed by atoms with Gasteiger partial charge in [0.25, 0.3) is 0 Å². The molecule has 1 saturated heterocycles. The fourth-order valence-corrected chi connectivity index (χ4v) is 4.05. The Labute approximate surface area is 159 Å². The van der Waals surface area contributed by atoms with Crippen LogP contribution in [-0.2, 0) is 6.54 Å². The molecule has 1 aliphatic carbocycles. The number of piperidine rings is 1. The fourth-order valence-electron chi connectivity index (χ4n) is 4.05. The Bertz CT molecular complexity index is 829. The van der Waals surface area contributed by atoms with Crippen LogP contribution in [0.1, 0.15) is 31.2 Å². The van der Waals surface area contributed by atoms with Gasteiger partial charge in [-0.1, -0.05) is 18.2 Å². The second-order valence-electron chi connectivity index (χ2n) is 7.45. The first-order valence-corrected chi connectivity index (χ1v) is 9.75. The lowest BCUT2D eigenvalue weighted by atomic mass is 10.0. The monoisotopic (exact) mass is 369 g/mol. The summed E-state index contributed by atoms with van der Waals surface area (Å²) >= 11 is 0. The van der Waals surface area contributed by atoms with Gasteiger partial charge in [0.15, 0.2) is 0 Å². The second-order valence-corrected chi connectivity index (χ2v) is 7.45. The van der Waals surface area contributed by atoms with Crippen LogP contribution in [-0.4, -0.2) is 59.1 Å². The number of aromatic amines is 1. The van der Waals surface area contributed by atoms with E-state index in [1.165, 1.54) is 0 Å². The molecule has 7 nitrogen and oxygen atoms in total. The van der Waals surface area contributed by atoms with Crippen molar-refractivity contribution in [2.45, 2.75) is 44.3 Å². The number of carbonyl (C=O) groups excluding carboxylic acids is 2. The van der Waals surface area contributed by atoms with Gasteiger partial charge in [0.2, 0.25) is 0 Å². The molecule has 0 unspecified atom stereocenters. The summed E-state index contributed by atoms with van der Waals surface area (Å²) in [6.45, 7) is 1.86. The Morgan fingerprint density at radius 3 is 2.81 bits per heavy atom. The average molecular weight is 369 g/mol. The molecule has 2 aliphatic rings. The first-order chi connectivity index (χ1) is 13.2. The number of benzene rings is 1. The van der Waals surface area contributed by atoms with Crippen LogP contribution in [0.2, 0.25) is 0 Å². The van der Waals surface area contributed by atoms with Crippen LogP contribution in [0.5, 0.6) is 0 Å². The second kappa shape index (κ2) is 7.50. The Balaban J connectivity index is 1.43. The molecule has 27 heavy (non-hydrogen) atoms. The van der Waals surface area contributed by atoms with Gasteiger partial charge in [-0.15, -0.1) is 0 Å². The summed E-state index contributed by atoms with van der Waals surface area (Å²) in [5.41, 5.74) is 2.17. The van der Waals surface area contributed by atoms with Crippen molar-refractivity contribution in [2.75, 3.05) is 20.1 Å². The van der Waals surface area contributed by atoms with Crippen LogP contribution in [0.25, 0.3) is 10.9 Å². The highest BCUT2D eigenvalue weighted by atomic mass is 16.2. The first-order valence-electron chi connectivity index (χ1n) is 9.75. The number of H-pyrrole nitrogens is 1. The van der Waals surface area contributed by atoms with Crippen molar-refractivity contribution in [2.24, 2.45) is 0 Å². The molecule has 4 amide bonds. The third-order valence-corrected chi connectivity index (χ3v) is 5.57. The van der Waals surface area contributed by atoms with Gasteiger partial charge < -0.3 is 25.4 Å². The van der Waals surface area contributed by atoms with E-state index in [1.807, 2.05) is 34.2 Å². The molecular formula is C20H27N5O2. The predicted octanol–water partition coefficient (Wildman–Crippen LogP) is 2.65. The molecule has 3 N–H and O–H groups in total. The van der Waals surface area contributed by atoms with E-state index in [1.54, 1.807) is 7.05 Å². The lowest BCUT2D eigenvalue weighted by Crippen LogP contribution is -2.56. The van der Waals surface area contributed by atoms with Crippen molar-refractivity contribution in [1.82, 2.24) is 25.4 Å². The molecule has 1 aromatic heterocycles. The molecule has 144 valence electrons.